The van der Waals surface area contributed by atoms with Gasteiger partial charge in [-0.15, -0.1) is 0 Å². The van der Waals surface area contributed by atoms with Gasteiger partial charge in [0.05, 0.1) is 31.1 Å². The summed E-state index contributed by atoms with van der Waals surface area (Å²) in [5.41, 5.74) is 1.15. The van der Waals surface area contributed by atoms with Crippen LogP contribution in [0.25, 0.3) is 6.08 Å². The SMILES string of the molecule is Cc1ccc(/C=C2/SC(=S)N(C[NH+]3CCN(c4cccc(Cl)c4)CC3)C2=O)o1. The van der Waals surface area contributed by atoms with Crippen molar-refractivity contribution in [2.24, 2.45) is 0 Å². The van der Waals surface area contributed by atoms with Crippen molar-refractivity contribution in [2.75, 3.05) is 37.7 Å². The van der Waals surface area contributed by atoms with Crippen molar-refractivity contribution in [2.45, 2.75) is 6.92 Å². The van der Waals surface area contributed by atoms with Crippen molar-refractivity contribution in [1.82, 2.24) is 4.90 Å². The van der Waals surface area contributed by atoms with Crippen LogP contribution in [0, 0.1) is 6.92 Å². The number of carbonyl (C=O) groups is 1. The van der Waals surface area contributed by atoms with Crippen LogP contribution in [0.15, 0.2) is 45.7 Å². The second-order valence-corrected chi connectivity index (χ2v) is 9.05. The Kier molecular flexibility index (Phi) is 5.78. The monoisotopic (exact) mass is 434 g/mol. The minimum absolute atomic E-state index is 0.0335. The smallest absolute Gasteiger partial charge is 0.270 e. The number of hydrogen-bond acceptors (Lipinski definition) is 5. The van der Waals surface area contributed by atoms with Crippen molar-refractivity contribution in [3.63, 3.8) is 0 Å². The first-order chi connectivity index (χ1) is 13.5. The average Bonchev–Trinajstić information content (AvgIpc) is 3.20. The zero-order valence-electron chi connectivity index (χ0n) is 15.5. The Morgan fingerprint density at radius 3 is 2.75 bits per heavy atom. The van der Waals surface area contributed by atoms with Crippen molar-refractivity contribution < 1.29 is 14.1 Å². The van der Waals surface area contributed by atoms with E-state index in [9.17, 15) is 4.79 Å². The number of thioether (sulfide) groups is 1. The molecule has 0 aliphatic carbocycles. The van der Waals surface area contributed by atoms with Crippen molar-refractivity contribution >= 4 is 57.6 Å². The summed E-state index contributed by atoms with van der Waals surface area (Å²) < 4.78 is 6.17. The lowest BCUT2D eigenvalue weighted by atomic mass is 10.2. The number of thiocarbonyl (C=S) groups is 1. The van der Waals surface area contributed by atoms with Crippen LogP contribution >= 0.6 is 35.6 Å². The van der Waals surface area contributed by atoms with Crippen LogP contribution in [0.5, 0.6) is 0 Å². The fraction of sp³-hybridized carbons (Fsp3) is 0.300. The predicted molar refractivity (Wildman–Crippen MR) is 118 cm³/mol. The number of nitrogens with one attached hydrogen (secondary N) is 1. The number of benzene rings is 1. The molecule has 146 valence electrons. The Morgan fingerprint density at radius 2 is 2.07 bits per heavy atom. The first-order valence-electron chi connectivity index (χ1n) is 9.15. The molecule has 0 spiro atoms. The number of rotatable bonds is 4. The number of carbonyl (C=O) groups excluding carboxylic acids is 1. The average molecular weight is 435 g/mol. The van der Waals surface area contributed by atoms with Crippen LogP contribution < -0.4 is 9.80 Å². The molecular weight excluding hydrogens is 414 g/mol. The minimum Gasteiger partial charge on any atom is -0.462 e. The molecule has 0 saturated carbocycles. The number of piperazine rings is 1. The van der Waals surface area contributed by atoms with Gasteiger partial charge in [-0.2, -0.15) is 0 Å². The van der Waals surface area contributed by atoms with Gasteiger partial charge in [-0.1, -0.05) is 41.6 Å². The highest BCUT2D eigenvalue weighted by molar-refractivity contribution is 8.26. The van der Waals surface area contributed by atoms with E-state index in [0.717, 1.165) is 42.6 Å². The molecule has 2 saturated heterocycles. The van der Waals surface area contributed by atoms with Gasteiger partial charge in [-0.05, 0) is 37.3 Å². The van der Waals surface area contributed by atoms with E-state index < -0.39 is 0 Å². The standard InChI is InChI=1S/C20H20ClN3O2S2/c1-14-5-6-17(26-14)12-18-19(25)24(20(27)28-18)13-22-7-9-23(10-8-22)16-4-2-3-15(21)11-16/h2-6,11-12H,7-10,13H2,1H3/p+1/b18-12+. The summed E-state index contributed by atoms with van der Waals surface area (Å²) in [6.07, 6.45) is 1.78. The number of amides is 1. The molecule has 2 aromatic rings. The fourth-order valence-electron chi connectivity index (χ4n) is 3.43. The third kappa shape index (κ3) is 4.27. The van der Waals surface area contributed by atoms with E-state index in [1.165, 1.54) is 16.7 Å². The van der Waals surface area contributed by atoms with Crippen molar-refractivity contribution in [3.05, 3.63) is 57.8 Å². The second kappa shape index (κ2) is 8.29. The predicted octanol–water partition coefficient (Wildman–Crippen LogP) is 2.81. The Balaban J connectivity index is 1.36. The summed E-state index contributed by atoms with van der Waals surface area (Å²) >= 11 is 12.9. The molecule has 1 aromatic heterocycles. The maximum Gasteiger partial charge on any atom is 0.270 e. The number of aryl methyl sites for hydroxylation is 1. The minimum atomic E-state index is -0.0335. The molecule has 0 atom stereocenters. The van der Waals surface area contributed by atoms with Crippen molar-refractivity contribution in [1.29, 1.82) is 0 Å². The molecule has 5 nitrogen and oxygen atoms in total. The van der Waals surface area contributed by atoms with Gasteiger partial charge in [-0.25, -0.2) is 4.90 Å². The van der Waals surface area contributed by atoms with Crippen LogP contribution in [0.3, 0.4) is 0 Å². The number of halogens is 1. The highest BCUT2D eigenvalue weighted by Crippen LogP contribution is 2.32. The highest BCUT2D eigenvalue weighted by Gasteiger charge is 2.35. The number of nitrogens with zero attached hydrogens (tertiary/aromatic N) is 2. The third-order valence-corrected chi connectivity index (χ3v) is 6.55. The maximum absolute atomic E-state index is 12.8. The topological polar surface area (TPSA) is 41.1 Å². The lowest BCUT2D eigenvalue weighted by Crippen LogP contribution is -3.16. The van der Waals surface area contributed by atoms with Crippen LogP contribution in [0.2, 0.25) is 5.02 Å². The summed E-state index contributed by atoms with van der Waals surface area (Å²) in [5, 5.41) is 0.753. The summed E-state index contributed by atoms with van der Waals surface area (Å²) in [7, 11) is 0. The van der Waals surface area contributed by atoms with Crippen LogP contribution in [-0.2, 0) is 4.79 Å². The molecule has 0 bridgehead atoms. The molecule has 1 amide bonds. The van der Waals surface area contributed by atoms with Gasteiger partial charge in [0, 0.05) is 16.8 Å². The molecule has 0 radical (unpaired) electrons. The van der Waals surface area contributed by atoms with Gasteiger partial charge in [0.15, 0.2) is 11.0 Å². The molecule has 3 heterocycles. The third-order valence-electron chi connectivity index (χ3n) is 4.93. The van der Waals surface area contributed by atoms with E-state index in [0.29, 0.717) is 21.7 Å². The van der Waals surface area contributed by atoms with Crippen LogP contribution in [-0.4, -0.2) is 48.0 Å². The lowest BCUT2D eigenvalue weighted by molar-refractivity contribution is -0.907. The van der Waals surface area contributed by atoms with Crippen molar-refractivity contribution in [3.8, 4) is 0 Å². The van der Waals surface area contributed by atoms with Gasteiger partial charge < -0.3 is 14.2 Å². The number of anilines is 1. The summed E-state index contributed by atoms with van der Waals surface area (Å²) in [5.74, 6) is 1.47. The van der Waals surface area contributed by atoms with Crippen LogP contribution in [0.1, 0.15) is 11.5 Å². The Hall–Kier alpha value is -1.80. The largest absolute Gasteiger partial charge is 0.462 e. The molecule has 2 aliphatic rings. The molecule has 4 rings (SSSR count). The Bertz CT molecular complexity index is 935. The van der Waals surface area contributed by atoms with Gasteiger partial charge >= 0.3 is 0 Å². The molecule has 1 N–H and O–H groups in total. The fourth-order valence-corrected chi connectivity index (χ4v) is 4.85. The number of furan rings is 1. The van der Waals surface area contributed by atoms with Gasteiger partial charge in [-0.3, -0.25) is 4.79 Å². The molecule has 2 fully saturated rings. The molecule has 0 unspecified atom stereocenters. The Morgan fingerprint density at radius 1 is 1.29 bits per heavy atom. The first-order valence-corrected chi connectivity index (χ1v) is 10.8. The van der Waals surface area contributed by atoms with E-state index in [1.807, 2.05) is 37.3 Å². The lowest BCUT2D eigenvalue weighted by Gasteiger charge is -2.35. The number of quaternary nitrogens is 1. The van der Waals surface area contributed by atoms with E-state index in [-0.39, 0.29) is 5.91 Å². The molecule has 1 aromatic carbocycles. The maximum atomic E-state index is 12.8. The van der Waals surface area contributed by atoms with E-state index in [4.69, 9.17) is 28.2 Å². The van der Waals surface area contributed by atoms with Gasteiger partial charge in [0.1, 0.15) is 11.5 Å². The molecule has 2 aliphatic heterocycles. The summed E-state index contributed by atoms with van der Waals surface area (Å²) in [6, 6.07) is 11.7. The van der Waals surface area contributed by atoms with Crippen LogP contribution in [0.4, 0.5) is 5.69 Å². The summed E-state index contributed by atoms with van der Waals surface area (Å²) in [4.78, 5) is 18.8. The zero-order valence-corrected chi connectivity index (χ0v) is 17.9. The van der Waals surface area contributed by atoms with Gasteiger partial charge in [0.25, 0.3) is 5.91 Å². The highest BCUT2D eigenvalue weighted by atomic mass is 35.5. The van der Waals surface area contributed by atoms with E-state index >= 15 is 0 Å². The van der Waals surface area contributed by atoms with Gasteiger partial charge in [0.2, 0.25) is 0 Å². The van der Waals surface area contributed by atoms with E-state index in [2.05, 4.69) is 11.0 Å². The summed E-state index contributed by atoms with van der Waals surface area (Å²) in [6.45, 7) is 6.22. The first kappa shape index (κ1) is 19.5. The quantitative estimate of drug-likeness (QED) is 0.592. The van der Waals surface area contributed by atoms with E-state index in [1.54, 1.807) is 11.0 Å². The molecule has 28 heavy (non-hydrogen) atoms. The molecule has 8 heteroatoms. The second-order valence-electron chi connectivity index (χ2n) is 6.93. The number of hydrogen-bond donors (Lipinski definition) is 1. The Labute approximate surface area is 178 Å². The molecular formula is C20H21ClN3O2S2+. The zero-order chi connectivity index (χ0) is 19.7. The normalized spacial score (nSPS) is 19.9.